The first-order valence-corrected chi connectivity index (χ1v) is 18.1. The summed E-state index contributed by atoms with van der Waals surface area (Å²) >= 11 is 0. The predicted octanol–water partition coefficient (Wildman–Crippen LogP) is 7.90. The molecule has 3 atom stereocenters. The van der Waals surface area contributed by atoms with Gasteiger partial charge in [0.05, 0.1) is 23.7 Å². The van der Waals surface area contributed by atoms with Crippen LogP contribution in [-0.4, -0.2) is 45.9 Å². The molecule has 2 unspecified atom stereocenters. The molecule has 12 heteroatoms. The topological polar surface area (TPSA) is 140 Å². The Bertz CT molecular complexity index is 1950. The minimum absolute atomic E-state index is 0.0343. The maximum atomic E-state index is 14.5. The molecule has 3 aromatic carbocycles. The molecule has 0 saturated carbocycles. The zero-order valence-corrected chi connectivity index (χ0v) is 29.5. The summed E-state index contributed by atoms with van der Waals surface area (Å²) in [6, 6.07) is 20.1. The van der Waals surface area contributed by atoms with Gasteiger partial charge < -0.3 is 24.3 Å². The van der Waals surface area contributed by atoms with E-state index >= 15 is 0 Å². The minimum atomic E-state index is -4.11. The summed E-state index contributed by atoms with van der Waals surface area (Å²) < 4.78 is 40.1. The highest BCUT2D eigenvalue weighted by Gasteiger charge is 2.36. The number of benzene rings is 3. The lowest BCUT2D eigenvalue weighted by molar-refractivity contribution is -0.149. The van der Waals surface area contributed by atoms with Gasteiger partial charge in [0.1, 0.15) is 29.7 Å². The van der Waals surface area contributed by atoms with Gasteiger partial charge in [0.25, 0.3) is 0 Å². The number of nitrogen functional groups attached to an aromatic ring is 1. The molecule has 48 heavy (non-hydrogen) atoms. The molecule has 0 saturated heterocycles. The molecule has 11 nitrogen and oxygen atoms in total. The Balaban J connectivity index is 1.50. The molecule has 5 rings (SSSR count). The Labute approximate surface area is 281 Å². The van der Waals surface area contributed by atoms with Gasteiger partial charge in [-0.3, -0.25) is 9.32 Å². The van der Waals surface area contributed by atoms with Crippen LogP contribution in [0.2, 0.25) is 0 Å². The van der Waals surface area contributed by atoms with Crippen LogP contribution in [0.4, 0.5) is 5.82 Å². The summed E-state index contributed by atoms with van der Waals surface area (Å²) in [6.07, 6.45) is 1.69. The molecule has 0 spiro atoms. The van der Waals surface area contributed by atoms with Gasteiger partial charge in [0.15, 0.2) is 5.82 Å². The highest BCUT2D eigenvalue weighted by Crippen LogP contribution is 2.47. The Kier molecular flexibility index (Phi) is 11.1. The molecule has 0 aliphatic heterocycles. The molecule has 3 N–H and O–H groups in total. The van der Waals surface area contributed by atoms with E-state index in [-0.39, 0.29) is 19.3 Å². The molecule has 5 aromatic rings. The van der Waals surface area contributed by atoms with Crippen molar-refractivity contribution in [1.82, 2.24) is 19.6 Å². The number of hydrogen-bond acceptors (Lipinski definition) is 9. The van der Waals surface area contributed by atoms with E-state index in [0.717, 1.165) is 40.0 Å². The van der Waals surface area contributed by atoms with Crippen LogP contribution in [0.3, 0.4) is 0 Å². The maximum absolute atomic E-state index is 14.5. The molecule has 0 fully saturated rings. The number of carbonyl (C=O) groups is 1. The first-order chi connectivity index (χ1) is 23.0. The second kappa shape index (κ2) is 15.0. The number of rotatable bonds is 16. The Morgan fingerprint density at radius 2 is 1.73 bits per heavy atom. The Hall–Kier alpha value is -4.02. The van der Waals surface area contributed by atoms with Crippen molar-refractivity contribution in [2.24, 2.45) is 0 Å². The van der Waals surface area contributed by atoms with E-state index in [1.54, 1.807) is 32.9 Å². The van der Waals surface area contributed by atoms with E-state index in [9.17, 15) is 9.36 Å². The fourth-order valence-corrected chi connectivity index (χ4v) is 7.55. The van der Waals surface area contributed by atoms with Crippen LogP contribution in [0.15, 0.2) is 66.7 Å². The van der Waals surface area contributed by atoms with Crippen LogP contribution in [0.1, 0.15) is 66.6 Å². The molecular weight excluding hydrogens is 629 g/mol. The maximum Gasteiger partial charge on any atom is 0.459 e. The van der Waals surface area contributed by atoms with Crippen molar-refractivity contribution in [3.05, 3.63) is 72.6 Å². The number of anilines is 1. The van der Waals surface area contributed by atoms with Gasteiger partial charge in [-0.2, -0.15) is 5.09 Å². The lowest BCUT2D eigenvalue weighted by Crippen LogP contribution is -2.37. The average Bonchev–Trinajstić information content (AvgIpc) is 3.45. The summed E-state index contributed by atoms with van der Waals surface area (Å²) in [6.45, 7) is 12.1. The molecule has 256 valence electrons. The van der Waals surface area contributed by atoms with Gasteiger partial charge in [-0.05, 0) is 76.4 Å². The van der Waals surface area contributed by atoms with Gasteiger partial charge >= 0.3 is 13.7 Å². The number of imidazole rings is 1. The lowest BCUT2D eigenvalue weighted by Gasteiger charge is -2.34. The average molecular weight is 676 g/mol. The van der Waals surface area contributed by atoms with Crippen molar-refractivity contribution in [2.45, 2.75) is 85.1 Å². The van der Waals surface area contributed by atoms with Crippen LogP contribution in [0, 0.1) is 0 Å². The van der Waals surface area contributed by atoms with E-state index in [1.165, 1.54) is 0 Å². The largest absolute Gasteiger partial charge is 0.462 e. The number of ether oxygens (including phenoxy) is 2. The van der Waals surface area contributed by atoms with Crippen LogP contribution in [0.25, 0.3) is 32.7 Å². The third kappa shape index (κ3) is 7.81. The van der Waals surface area contributed by atoms with Gasteiger partial charge in [-0.1, -0.05) is 61.9 Å². The summed E-state index contributed by atoms with van der Waals surface area (Å²) in [4.78, 5) is 22.3. The second-order valence-electron chi connectivity index (χ2n) is 12.5. The number of nitrogens with two attached hydrogens (primary N) is 1. The van der Waals surface area contributed by atoms with Crippen molar-refractivity contribution in [2.75, 3.05) is 18.9 Å². The number of fused-ring (bicyclic) bond motifs is 4. The van der Waals surface area contributed by atoms with Crippen molar-refractivity contribution < 1.29 is 27.9 Å². The minimum Gasteiger partial charge on any atom is -0.462 e. The number of esters is 1. The number of pyridine rings is 1. The van der Waals surface area contributed by atoms with E-state index in [1.807, 2.05) is 61.5 Å². The number of hydrogen-bond donors (Lipinski definition) is 2. The van der Waals surface area contributed by atoms with Crippen molar-refractivity contribution in [1.29, 1.82) is 0 Å². The van der Waals surface area contributed by atoms with E-state index in [4.69, 9.17) is 29.2 Å². The predicted molar refractivity (Wildman–Crippen MR) is 190 cm³/mol. The fourth-order valence-electron chi connectivity index (χ4n) is 6.07. The van der Waals surface area contributed by atoms with Crippen molar-refractivity contribution >= 4 is 52.2 Å². The normalized spacial score (nSPS) is 15.1. The van der Waals surface area contributed by atoms with Crippen LogP contribution < -0.4 is 15.3 Å². The van der Waals surface area contributed by atoms with Gasteiger partial charge in [0, 0.05) is 17.5 Å². The van der Waals surface area contributed by atoms with E-state index in [2.05, 4.69) is 28.5 Å². The molecule has 0 radical (unpaired) electrons. The van der Waals surface area contributed by atoms with Gasteiger partial charge in [-0.15, -0.1) is 0 Å². The number of aromatic nitrogens is 3. The molecule has 0 aliphatic carbocycles. The third-order valence-electron chi connectivity index (χ3n) is 8.26. The molecule has 2 heterocycles. The highest BCUT2D eigenvalue weighted by molar-refractivity contribution is 7.52. The highest BCUT2D eigenvalue weighted by atomic mass is 31.2. The van der Waals surface area contributed by atoms with Crippen LogP contribution >= 0.6 is 7.75 Å². The quantitative estimate of drug-likeness (QED) is 0.0784. The molecular formula is C36H46N5O6P. The molecule has 0 bridgehead atoms. The summed E-state index contributed by atoms with van der Waals surface area (Å²) in [5, 5.41) is 5.67. The smallest absolute Gasteiger partial charge is 0.459 e. The first-order valence-electron chi connectivity index (χ1n) is 16.5. The van der Waals surface area contributed by atoms with Crippen molar-refractivity contribution in [3.8, 4) is 5.75 Å². The first kappa shape index (κ1) is 35.3. The second-order valence-corrected chi connectivity index (χ2v) is 14.2. The Morgan fingerprint density at radius 1 is 1.00 bits per heavy atom. The SMILES string of the molecule is CCCC(C)(CCOP(=O)(N[C@@H](C)C(=O)OC(C)C)Oc1ccc2ccccc2c1)n1c(COCC)nc2c(N)nc3ccccc3c21. The summed E-state index contributed by atoms with van der Waals surface area (Å²) in [7, 11) is -4.11. The number of nitrogens with one attached hydrogen (secondary N) is 1. The standard InChI is InChI=1S/C36H46N5O6P/c1-7-19-36(6,41-31(23-44-8-2)39-32-33(41)29-15-11-12-16-30(29)38-34(32)37)20-21-45-48(43,40-25(5)35(42)46-24(3)4)47-28-18-17-26-13-9-10-14-27(26)22-28/h9-18,22,24-25H,7-8,19-21,23H2,1-6H3,(H2,37,38)(H,40,43)/t25-,36?,48?/m0/s1. The third-order valence-corrected chi connectivity index (χ3v) is 9.94. The van der Waals surface area contributed by atoms with Crippen LogP contribution in [-0.2, 0) is 35.5 Å². The monoisotopic (exact) mass is 675 g/mol. The summed E-state index contributed by atoms with van der Waals surface area (Å²) in [5.74, 6) is 0.844. The van der Waals surface area contributed by atoms with Gasteiger partial charge in [0.2, 0.25) is 0 Å². The zero-order valence-electron chi connectivity index (χ0n) is 28.6. The summed E-state index contributed by atoms with van der Waals surface area (Å²) in [5.41, 5.74) is 8.13. The number of carbonyl (C=O) groups excluding carboxylic acids is 1. The van der Waals surface area contributed by atoms with Crippen molar-refractivity contribution in [3.63, 3.8) is 0 Å². The zero-order chi connectivity index (χ0) is 34.5. The lowest BCUT2D eigenvalue weighted by atomic mass is 9.91. The molecule has 0 amide bonds. The van der Waals surface area contributed by atoms with Gasteiger partial charge in [-0.25, -0.2) is 14.5 Å². The molecule has 0 aliphatic rings. The number of nitrogens with zero attached hydrogens (tertiary/aromatic N) is 3. The molecule has 2 aromatic heterocycles. The number of para-hydroxylation sites is 1. The van der Waals surface area contributed by atoms with E-state index < -0.39 is 25.3 Å². The van der Waals surface area contributed by atoms with Crippen LogP contribution in [0.5, 0.6) is 5.75 Å². The fraction of sp³-hybridized carbons (Fsp3) is 0.417. The van der Waals surface area contributed by atoms with E-state index in [0.29, 0.717) is 35.9 Å². The Morgan fingerprint density at radius 3 is 2.46 bits per heavy atom.